The molecule has 0 aromatic heterocycles. The van der Waals surface area contributed by atoms with E-state index >= 15 is 0 Å². The lowest BCUT2D eigenvalue weighted by Gasteiger charge is -2.50. The van der Waals surface area contributed by atoms with E-state index in [-0.39, 0.29) is 49.9 Å². The summed E-state index contributed by atoms with van der Waals surface area (Å²) in [6.07, 6.45) is -4.56. The lowest BCUT2D eigenvalue weighted by molar-refractivity contribution is -0.271. The Morgan fingerprint density at radius 3 is 2.24 bits per heavy atom. The summed E-state index contributed by atoms with van der Waals surface area (Å²) in [6, 6.07) is 8.47. The van der Waals surface area contributed by atoms with Gasteiger partial charge in [-0.1, -0.05) is 18.2 Å². The third-order valence-corrected chi connectivity index (χ3v) is 7.64. The number of piperidine rings is 2. The highest BCUT2D eigenvalue weighted by Gasteiger charge is 2.64. The smallest absolute Gasteiger partial charge is 0.430 e. The Hall–Kier alpha value is -3.21. The summed E-state index contributed by atoms with van der Waals surface area (Å²) in [5.41, 5.74) is -3.94. The molecule has 2 aromatic rings. The number of nitrogens with one attached hydrogen (secondary N) is 1. The molecule has 0 aliphatic carbocycles. The van der Waals surface area contributed by atoms with E-state index in [1.807, 2.05) is 0 Å². The molecule has 11 heteroatoms. The molecule has 37 heavy (non-hydrogen) atoms. The molecule has 0 radical (unpaired) electrons. The molecule has 1 N–H and O–H groups in total. The minimum Gasteiger partial charge on any atom is -0.494 e. The highest BCUT2D eigenvalue weighted by molar-refractivity contribution is 5.88. The van der Waals surface area contributed by atoms with E-state index in [2.05, 4.69) is 5.32 Å². The Bertz CT molecular complexity index is 1160. The average Bonchev–Trinajstić information content (AvgIpc) is 2.85. The number of benzene rings is 2. The molecule has 1 unspecified atom stereocenters. The number of rotatable bonds is 5. The number of hydrogen-bond acceptors (Lipinski definition) is 4. The number of nitrogens with zero attached hydrogens (tertiary/aromatic N) is 1. The van der Waals surface area contributed by atoms with Gasteiger partial charge in [-0.05, 0) is 48.1 Å². The number of carbonyl (C=O) groups is 2. The Morgan fingerprint density at radius 1 is 1.05 bits per heavy atom. The fraction of sp³-hybridized carbons (Fsp3) is 0.462. The Kier molecular flexibility index (Phi) is 7.20. The molecular weight excluding hydrogens is 499 g/mol. The van der Waals surface area contributed by atoms with Crippen LogP contribution in [0.1, 0.15) is 36.3 Å². The zero-order valence-electron chi connectivity index (χ0n) is 20.3. The van der Waals surface area contributed by atoms with Gasteiger partial charge in [-0.2, -0.15) is 13.2 Å². The number of alkyl halides is 3. The fourth-order valence-electron chi connectivity index (χ4n) is 5.62. The summed E-state index contributed by atoms with van der Waals surface area (Å²) in [6.45, 7) is 0.168. The molecule has 2 atom stereocenters. The molecule has 2 aliphatic rings. The average molecular weight is 527 g/mol. The van der Waals surface area contributed by atoms with Crippen molar-refractivity contribution in [1.29, 1.82) is 0 Å². The zero-order chi connectivity index (χ0) is 27.0. The number of methoxy groups -OCH3 is 2. The van der Waals surface area contributed by atoms with Crippen LogP contribution in [0.4, 0.5) is 22.0 Å². The lowest BCUT2D eigenvalue weighted by atomic mass is 9.62. The number of amides is 2. The van der Waals surface area contributed by atoms with Crippen LogP contribution in [0.2, 0.25) is 0 Å². The van der Waals surface area contributed by atoms with Gasteiger partial charge in [-0.3, -0.25) is 9.59 Å². The molecule has 200 valence electrons. The normalized spacial score (nSPS) is 21.3. The molecular formula is C26H27F5N2O4. The van der Waals surface area contributed by atoms with Crippen molar-refractivity contribution in [2.75, 3.05) is 33.9 Å². The van der Waals surface area contributed by atoms with Crippen LogP contribution in [0.15, 0.2) is 42.5 Å². The van der Waals surface area contributed by atoms with Gasteiger partial charge in [0.25, 0.3) is 11.5 Å². The highest BCUT2D eigenvalue weighted by atomic mass is 19.4. The predicted octanol–water partition coefficient (Wildman–Crippen LogP) is 4.29. The van der Waals surface area contributed by atoms with Gasteiger partial charge in [0.05, 0.1) is 7.11 Å². The maximum atomic E-state index is 14.5. The molecule has 0 bridgehead atoms. The van der Waals surface area contributed by atoms with Crippen LogP contribution < -0.4 is 10.1 Å². The first-order valence-electron chi connectivity index (χ1n) is 11.7. The first-order chi connectivity index (χ1) is 17.5. The van der Waals surface area contributed by atoms with Crippen molar-refractivity contribution in [3.8, 4) is 5.75 Å². The van der Waals surface area contributed by atoms with Crippen molar-refractivity contribution in [3.63, 3.8) is 0 Å². The van der Waals surface area contributed by atoms with E-state index in [1.165, 1.54) is 19.2 Å². The van der Waals surface area contributed by atoms with Gasteiger partial charge in [0.15, 0.2) is 11.6 Å². The molecule has 2 heterocycles. The molecule has 1 spiro atoms. The van der Waals surface area contributed by atoms with Gasteiger partial charge in [-0.15, -0.1) is 0 Å². The highest BCUT2D eigenvalue weighted by Crippen LogP contribution is 2.50. The molecule has 2 aliphatic heterocycles. The zero-order valence-corrected chi connectivity index (χ0v) is 20.3. The maximum absolute atomic E-state index is 14.5. The minimum atomic E-state index is -5.20. The second kappa shape index (κ2) is 9.92. The van der Waals surface area contributed by atoms with E-state index in [9.17, 15) is 31.5 Å². The van der Waals surface area contributed by atoms with Crippen LogP contribution in [0.3, 0.4) is 0 Å². The summed E-state index contributed by atoms with van der Waals surface area (Å²) in [4.78, 5) is 26.9. The second-order valence-electron chi connectivity index (χ2n) is 9.47. The summed E-state index contributed by atoms with van der Waals surface area (Å²) in [5.74, 6) is -3.49. The number of halogens is 5. The van der Waals surface area contributed by atoms with E-state index in [4.69, 9.17) is 9.47 Å². The molecule has 4 rings (SSSR count). The van der Waals surface area contributed by atoms with Gasteiger partial charge in [0.1, 0.15) is 5.82 Å². The van der Waals surface area contributed by atoms with E-state index in [0.717, 1.165) is 29.7 Å². The van der Waals surface area contributed by atoms with Crippen molar-refractivity contribution in [3.05, 3.63) is 65.2 Å². The van der Waals surface area contributed by atoms with Crippen LogP contribution >= 0.6 is 0 Å². The fourth-order valence-corrected chi connectivity index (χ4v) is 5.62. The predicted molar refractivity (Wildman–Crippen MR) is 123 cm³/mol. The summed E-state index contributed by atoms with van der Waals surface area (Å²) >= 11 is 0. The maximum Gasteiger partial charge on any atom is 0.430 e. The Morgan fingerprint density at radius 2 is 1.70 bits per heavy atom. The number of carbonyl (C=O) groups excluding carboxylic acids is 2. The van der Waals surface area contributed by atoms with E-state index in [1.54, 1.807) is 12.1 Å². The van der Waals surface area contributed by atoms with Gasteiger partial charge >= 0.3 is 6.18 Å². The van der Waals surface area contributed by atoms with Gasteiger partial charge in [0, 0.05) is 44.6 Å². The van der Waals surface area contributed by atoms with Crippen molar-refractivity contribution in [2.45, 2.75) is 37.0 Å². The lowest BCUT2D eigenvalue weighted by Crippen LogP contribution is -2.60. The van der Waals surface area contributed by atoms with E-state index in [0.29, 0.717) is 12.6 Å². The molecule has 2 fully saturated rings. The standard InChI is InChI=1S/C26H27F5N2O4/c1-36-21-8-5-17(13-20(21)28)25(37-2,26(29,30)31)23(35)33-11-9-24(10-12-33)14-22(34)32-15-19(24)16-3-6-18(27)7-4-16/h3-8,13,19H,9-12,14-15H2,1-2H3,(H,32,34)/t19-,25?/m0/s1. The molecule has 2 saturated heterocycles. The molecule has 2 amide bonds. The van der Waals surface area contributed by atoms with Crippen LogP contribution in [-0.2, 0) is 19.9 Å². The van der Waals surface area contributed by atoms with Crippen LogP contribution in [0.25, 0.3) is 0 Å². The number of ether oxygens (including phenoxy) is 2. The first kappa shape index (κ1) is 26.8. The first-order valence-corrected chi connectivity index (χ1v) is 11.7. The number of hydrogen-bond donors (Lipinski definition) is 1. The van der Waals surface area contributed by atoms with Crippen LogP contribution in [0.5, 0.6) is 5.75 Å². The van der Waals surface area contributed by atoms with E-state index < -0.39 is 40.3 Å². The third kappa shape index (κ3) is 4.65. The summed E-state index contributed by atoms with van der Waals surface area (Å²) in [5, 5.41) is 2.81. The van der Waals surface area contributed by atoms with Crippen molar-refractivity contribution < 1.29 is 41.0 Å². The van der Waals surface area contributed by atoms with Crippen molar-refractivity contribution in [2.24, 2.45) is 5.41 Å². The minimum absolute atomic E-state index is 0.0658. The van der Waals surface area contributed by atoms with Gasteiger partial charge in [0.2, 0.25) is 5.91 Å². The van der Waals surface area contributed by atoms with Gasteiger partial charge < -0.3 is 19.7 Å². The SMILES string of the molecule is COc1ccc(C(OC)(C(=O)N2CCC3(CC2)CC(=O)NC[C@H]3c2ccc(F)cc2)C(F)(F)F)cc1F. The molecule has 0 saturated carbocycles. The largest absolute Gasteiger partial charge is 0.494 e. The molecule has 2 aromatic carbocycles. The summed E-state index contributed by atoms with van der Waals surface area (Å²) < 4.78 is 81.0. The van der Waals surface area contributed by atoms with Crippen molar-refractivity contribution in [1.82, 2.24) is 10.2 Å². The second-order valence-corrected chi connectivity index (χ2v) is 9.47. The van der Waals surface area contributed by atoms with Crippen LogP contribution in [0, 0.1) is 17.0 Å². The van der Waals surface area contributed by atoms with Crippen LogP contribution in [-0.4, -0.2) is 56.7 Å². The monoisotopic (exact) mass is 526 g/mol. The van der Waals surface area contributed by atoms with Gasteiger partial charge in [-0.25, -0.2) is 8.78 Å². The third-order valence-electron chi connectivity index (χ3n) is 7.64. The quantitative estimate of drug-likeness (QED) is 0.591. The summed E-state index contributed by atoms with van der Waals surface area (Å²) in [7, 11) is 1.93. The Balaban J connectivity index is 1.64. The van der Waals surface area contributed by atoms with Crippen molar-refractivity contribution >= 4 is 11.8 Å². The topological polar surface area (TPSA) is 67.9 Å². The Labute approximate surface area is 210 Å². The molecule has 6 nitrogen and oxygen atoms in total. The number of likely N-dealkylation sites (tertiary alicyclic amines) is 1.